The molecule has 4 atom stereocenters. The Bertz CT molecular complexity index is 434. The molecule has 0 aromatic heterocycles. The summed E-state index contributed by atoms with van der Waals surface area (Å²) in [5.74, 6) is -2.43. The summed E-state index contributed by atoms with van der Waals surface area (Å²) in [5, 5.41) is 9.25. The van der Waals surface area contributed by atoms with Crippen LogP contribution in [0, 0.1) is 11.8 Å². The van der Waals surface area contributed by atoms with Crippen LogP contribution in [-0.4, -0.2) is 60.4 Å². The van der Waals surface area contributed by atoms with Gasteiger partial charge in [-0.05, 0) is 0 Å². The molecule has 1 spiro atoms. The first kappa shape index (κ1) is 11.7. The van der Waals surface area contributed by atoms with Crippen molar-refractivity contribution in [2.24, 2.45) is 11.8 Å². The van der Waals surface area contributed by atoms with Crippen molar-refractivity contribution < 1.29 is 24.2 Å². The summed E-state index contributed by atoms with van der Waals surface area (Å²) in [6.07, 6.45) is 3.16. The first-order valence-corrected chi connectivity index (χ1v) is 5.97. The number of fused-ring (bicyclic) bond motifs is 1. The number of rotatable bonds is 4. The van der Waals surface area contributed by atoms with Crippen LogP contribution in [0.3, 0.4) is 0 Å². The van der Waals surface area contributed by atoms with Gasteiger partial charge in [0.25, 0.3) is 0 Å². The van der Waals surface area contributed by atoms with Crippen LogP contribution in [0.2, 0.25) is 0 Å². The van der Waals surface area contributed by atoms with Gasteiger partial charge in [-0.25, -0.2) is 0 Å². The zero-order valence-electron chi connectivity index (χ0n) is 10.0. The van der Waals surface area contributed by atoms with Crippen LogP contribution in [0.4, 0.5) is 0 Å². The molecular weight excluding hydrogens is 238 g/mol. The Balaban J connectivity index is 1.87. The summed E-state index contributed by atoms with van der Waals surface area (Å²) < 4.78 is 10.7. The maximum Gasteiger partial charge on any atom is 0.310 e. The molecule has 0 aromatic carbocycles. The lowest BCUT2D eigenvalue weighted by atomic mass is 9.77. The number of amides is 1. The molecule has 0 unspecified atom stereocenters. The van der Waals surface area contributed by atoms with Crippen molar-refractivity contribution in [3.63, 3.8) is 0 Å². The molecule has 1 amide bonds. The van der Waals surface area contributed by atoms with Crippen molar-refractivity contribution in [2.45, 2.75) is 11.7 Å². The number of likely N-dealkylation sites (tertiary alicyclic amines) is 1. The van der Waals surface area contributed by atoms with Gasteiger partial charge in [-0.15, -0.1) is 0 Å². The highest BCUT2D eigenvalue weighted by Crippen LogP contribution is 2.51. The maximum atomic E-state index is 12.3. The van der Waals surface area contributed by atoms with Gasteiger partial charge in [0, 0.05) is 13.7 Å². The SMILES string of the molecule is COCCN1C[C@@]23C=C[C@@H](O2)[C@@H](C(=O)O)[C@@H]3C1=O. The van der Waals surface area contributed by atoms with Crippen LogP contribution in [0.15, 0.2) is 12.2 Å². The normalized spacial score (nSPS) is 40.6. The Morgan fingerprint density at radius 1 is 1.72 bits per heavy atom. The third-order valence-electron chi connectivity index (χ3n) is 4.03. The Labute approximate surface area is 104 Å². The van der Waals surface area contributed by atoms with Gasteiger partial charge in [0.05, 0.1) is 25.2 Å². The van der Waals surface area contributed by atoms with Gasteiger partial charge in [-0.1, -0.05) is 12.2 Å². The van der Waals surface area contributed by atoms with Crippen molar-refractivity contribution in [3.8, 4) is 0 Å². The van der Waals surface area contributed by atoms with Gasteiger partial charge in [-0.2, -0.15) is 0 Å². The van der Waals surface area contributed by atoms with E-state index in [-0.39, 0.29) is 5.91 Å². The van der Waals surface area contributed by atoms with E-state index in [1.54, 1.807) is 18.1 Å². The van der Waals surface area contributed by atoms with Crippen LogP contribution < -0.4 is 0 Å². The lowest BCUT2D eigenvalue weighted by Crippen LogP contribution is -2.39. The summed E-state index contributed by atoms with van der Waals surface area (Å²) in [4.78, 5) is 25.2. The van der Waals surface area contributed by atoms with E-state index in [4.69, 9.17) is 9.47 Å². The predicted molar refractivity (Wildman–Crippen MR) is 59.8 cm³/mol. The van der Waals surface area contributed by atoms with Gasteiger partial charge in [-0.3, -0.25) is 9.59 Å². The van der Waals surface area contributed by atoms with E-state index in [0.29, 0.717) is 19.7 Å². The van der Waals surface area contributed by atoms with E-state index in [0.717, 1.165) is 0 Å². The summed E-state index contributed by atoms with van der Waals surface area (Å²) in [6, 6.07) is 0. The summed E-state index contributed by atoms with van der Waals surface area (Å²) in [6.45, 7) is 1.35. The molecule has 0 aliphatic carbocycles. The minimum absolute atomic E-state index is 0.133. The lowest BCUT2D eigenvalue weighted by Gasteiger charge is -2.21. The van der Waals surface area contributed by atoms with Crippen molar-refractivity contribution in [3.05, 3.63) is 12.2 Å². The lowest BCUT2D eigenvalue weighted by molar-refractivity contribution is -0.148. The fourth-order valence-corrected chi connectivity index (χ4v) is 3.25. The molecule has 0 radical (unpaired) electrons. The second-order valence-electron chi connectivity index (χ2n) is 4.99. The number of hydrogen-bond donors (Lipinski definition) is 1. The van der Waals surface area contributed by atoms with Crippen LogP contribution in [-0.2, 0) is 19.1 Å². The minimum Gasteiger partial charge on any atom is -0.481 e. The molecule has 3 aliphatic heterocycles. The number of ether oxygens (including phenoxy) is 2. The van der Waals surface area contributed by atoms with E-state index < -0.39 is 29.5 Å². The standard InChI is InChI=1S/C12H15NO5/c1-17-5-4-13-6-12-3-2-7(18-12)8(11(15)16)9(12)10(13)14/h2-3,7-9H,4-6H2,1H3,(H,15,16)/t7-,8-,9-,12-/m1/s1. The summed E-state index contributed by atoms with van der Waals surface area (Å²) in [5.41, 5.74) is -0.724. The van der Waals surface area contributed by atoms with Crippen LogP contribution in [0.1, 0.15) is 0 Å². The van der Waals surface area contributed by atoms with E-state index >= 15 is 0 Å². The average Bonchev–Trinajstić information content (AvgIpc) is 2.95. The van der Waals surface area contributed by atoms with Crippen molar-refractivity contribution in [1.29, 1.82) is 0 Å². The predicted octanol–water partition coefficient (Wildman–Crippen LogP) is -0.501. The van der Waals surface area contributed by atoms with E-state index in [2.05, 4.69) is 0 Å². The molecule has 3 aliphatic rings. The Hall–Kier alpha value is -1.40. The summed E-state index contributed by atoms with van der Waals surface area (Å²) in [7, 11) is 1.57. The number of methoxy groups -OCH3 is 1. The highest BCUT2D eigenvalue weighted by Gasteiger charge is 2.66. The Morgan fingerprint density at radius 3 is 3.17 bits per heavy atom. The largest absolute Gasteiger partial charge is 0.481 e. The topological polar surface area (TPSA) is 76.1 Å². The molecule has 98 valence electrons. The summed E-state index contributed by atoms with van der Waals surface area (Å²) >= 11 is 0. The number of carbonyl (C=O) groups excluding carboxylic acids is 1. The molecule has 6 nitrogen and oxygen atoms in total. The van der Waals surface area contributed by atoms with Crippen molar-refractivity contribution in [2.75, 3.05) is 26.8 Å². The van der Waals surface area contributed by atoms with Gasteiger partial charge in [0.15, 0.2) is 0 Å². The molecule has 2 bridgehead atoms. The molecule has 6 heteroatoms. The van der Waals surface area contributed by atoms with Gasteiger partial charge in [0.2, 0.25) is 5.91 Å². The van der Waals surface area contributed by atoms with Gasteiger partial charge >= 0.3 is 5.97 Å². The van der Waals surface area contributed by atoms with Gasteiger partial charge in [0.1, 0.15) is 11.5 Å². The van der Waals surface area contributed by atoms with Crippen LogP contribution >= 0.6 is 0 Å². The fraction of sp³-hybridized carbons (Fsp3) is 0.667. The third-order valence-corrected chi connectivity index (χ3v) is 4.03. The number of aliphatic carboxylic acids is 1. The smallest absolute Gasteiger partial charge is 0.310 e. The molecule has 2 fully saturated rings. The minimum atomic E-state index is -0.960. The zero-order chi connectivity index (χ0) is 12.9. The molecule has 18 heavy (non-hydrogen) atoms. The highest BCUT2D eigenvalue weighted by molar-refractivity contribution is 5.90. The first-order chi connectivity index (χ1) is 8.59. The number of carboxylic acids is 1. The Kier molecular flexibility index (Phi) is 2.46. The molecule has 3 rings (SSSR count). The average molecular weight is 253 g/mol. The number of carbonyl (C=O) groups is 2. The molecule has 0 aromatic rings. The maximum absolute atomic E-state index is 12.3. The van der Waals surface area contributed by atoms with Crippen molar-refractivity contribution >= 4 is 11.9 Å². The Morgan fingerprint density at radius 2 is 2.50 bits per heavy atom. The van der Waals surface area contributed by atoms with Crippen LogP contribution in [0.5, 0.6) is 0 Å². The first-order valence-electron chi connectivity index (χ1n) is 5.97. The number of nitrogens with zero attached hydrogens (tertiary/aromatic N) is 1. The number of hydrogen-bond acceptors (Lipinski definition) is 4. The zero-order valence-corrected chi connectivity index (χ0v) is 10.0. The van der Waals surface area contributed by atoms with E-state index in [9.17, 15) is 14.7 Å². The van der Waals surface area contributed by atoms with Crippen molar-refractivity contribution in [1.82, 2.24) is 4.90 Å². The van der Waals surface area contributed by atoms with Gasteiger partial charge < -0.3 is 19.5 Å². The van der Waals surface area contributed by atoms with E-state index in [1.165, 1.54) is 0 Å². The fourth-order valence-electron chi connectivity index (χ4n) is 3.25. The number of carboxylic acid groups (broad SMARTS) is 1. The second kappa shape index (κ2) is 3.80. The highest BCUT2D eigenvalue weighted by atomic mass is 16.5. The molecule has 0 saturated carbocycles. The quantitative estimate of drug-likeness (QED) is 0.683. The molecule has 1 N–H and O–H groups in total. The van der Waals surface area contributed by atoms with E-state index in [1.807, 2.05) is 6.08 Å². The molecule has 3 heterocycles. The second-order valence-corrected chi connectivity index (χ2v) is 4.99. The third kappa shape index (κ3) is 1.36. The molecule has 2 saturated heterocycles. The molecular formula is C12H15NO5. The van der Waals surface area contributed by atoms with Crippen LogP contribution in [0.25, 0.3) is 0 Å². The monoisotopic (exact) mass is 253 g/mol.